The number of ether oxygens (including phenoxy) is 1. The molecule has 0 saturated carbocycles. The van der Waals surface area contributed by atoms with Gasteiger partial charge in [-0.1, -0.05) is 0 Å². The molecule has 0 aromatic carbocycles. The summed E-state index contributed by atoms with van der Waals surface area (Å²) in [4.78, 5) is 11.1. The first-order valence-electron chi connectivity index (χ1n) is 5.15. The molecule has 1 amide bonds. The molecule has 17 heavy (non-hydrogen) atoms. The summed E-state index contributed by atoms with van der Waals surface area (Å²) in [6, 6.07) is 0. The van der Waals surface area contributed by atoms with E-state index >= 15 is 0 Å². The average molecular weight is 326 g/mol. The first-order valence-corrected chi connectivity index (χ1v) is 7.22. The smallest absolute Gasteiger partial charge is 1.00 e. The standard InChI is InChI=1S/C9H19NO2S4.Na.H/c11-9(10-5-1-3-7(13)14)12-6-2-4-8(15)16;;/h7-8,13-16H,1-6H2,(H,10,11);;/q;+1;-1. The van der Waals surface area contributed by atoms with E-state index in [2.05, 4.69) is 55.8 Å². The Labute approximate surface area is 149 Å². The monoisotopic (exact) mass is 325 g/mol. The number of amides is 1. The minimum atomic E-state index is -0.371. The molecule has 0 spiro atoms. The van der Waals surface area contributed by atoms with Crippen molar-refractivity contribution in [1.82, 2.24) is 5.32 Å². The number of hydrogen-bond donors (Lipinski definition) is 5. The first-order chi connectivity index (χ1) is 7.52. The van der Waals surface area contributed by atoms with Crippen LogP contribution < -0.4 is 34.9 Å². The molecule has 0 aliphatic carbocycles. The van der Waals surface area contributed by atoms with Gasteiger partial charge in [-0.2, -0.15) is 50.5 Å². The van der Waals surface area contributed by atoms with Crippen LogP contribution in [0.1, 0.15) is 27.1 Å². The summed E-state index contributed by atoms with van der Waals surface area (Å²) in [5.41, 5.74) is 0. The Kier molecular flexibility index (Phi) is 17.4. The summed E-state index contributed by atoms with van der Waals surface area (Å²) in [7, 11) is 0. The molecule has 0 radical (unpaired) electrons. The Hall–Kier alpha value is 1.67. The Morgan fingerprint density at radius 2 is 1.65 bits per heavy atom. The van der Waals surface area contributed by atoms with Gasteiger partial charge in [-0.3, -0.25) is 0 Å². The summed E-state index contributed by atoms with van der Waals surface area (Å²) >= 11 is 16.4. The third kappa shape index (κ3) is 17.7. The van der Waals surface area contributed by atoms with Gasteiger partial charge in [0.2, 0.25) is 0 Å². The molecule has 8 heteroatoms. The van der Waals surface area contributed by atoms with Gasteiger partial charge in [0, 0.05) is 15.7 Å². The van der Waals surface area contributed by atoms with Gasteiger partial charge < -0.3 is 11.5 Å². The summed E-state index contributed by atoms with van der Waals surface area (Å²) in [5.74, 6) is 0. The van der Waals surface area contributed by atoms with Crippen molar-refractivity contribution in [3.05, 3.63) is 0 Å². The van der Waals surface area contributed by atoms with Crippen LogP contribution in [0.3, 0.4) is 0 Å². The molecule has 0 atom stereocenters. The van der Waals surface area contributed by atoms with Gasteiger partial charge in [0.1, 0.15) is 0 Å². The molecule has 0 aliphatic rings. The van der Waals surface area contributed by atoms with E-state index in [4.69, 9.17) is 4.74 Å². The fourth-order valence-electron chi connectivity index (χ4n) is 0.957. The molecule has 0 saturated heterocycles. The number of rotatable bonds is 8. The number of hydrogen-bond acceptors (Lipinski definition) is 6. The molecular weight excluding hydrogens is 305 g/mol. The van der Waals surface area contributed by atoms with Crippen molar-refractivity contribution in [2.75, 3.05) is 13.2 Å². The minimum absolute atomic E-state index is 0. The Morgan fingerprint density at radius 1 is 1.12 bits per heavy atom. The van der Waals surface area contributed by atoms with Crippen molar-refractivity contribution in [3.8, 4) is 0 Å². The van der Waals surface area contributed by atoms with Gasteiger partial charge in [-0.25, -0.2) is 4.79 Å². The Balaban J connectivity index is -0.00000112. The van der Waals surface area contributed by atoms with E-state index in [1.54, 1.807) is 0 Å². The molecule has 0 aromatic rings. The predicted octanol–water partition coefficient (Wildman–Crippen LogP) is -0.239. The van der Waals surface area contributed by atoms with Crippen LogP contribution in [0.4, 0.5) is 4.79 Å². The maximum absolute atomic E-state index is 11.1. The normalized spacial score (nSPS) is 10.2. The quantitative estimate of drug-likeness (QED) is 0.185. The second-order valence-electron chi connectivity index (χ2n) is 3.31. The van der Waals surface area contributed by atoms with Crippen LogP contribution in [0.2, 0.25) is 0 Å². The molecule has 0 rings (SSSR count). The van der Waals surface area contributed by atoms with Crippen LogP contribution in [0.5, 0.6) is 0 Å². The summed E-state index contributed by atoms with van der Waals surface area (Å²) in [5, 5.41) is 2.66. The Morgan fingerprint density at radius 3 is 2.18 bits per heavy atom. The molecule has 0 aromatic heterocycles. The van der Waals surface area contributed by atoms with Gasteiger partial charge in [0.05, 0.1) is 6.61 Å². The van der Waals surface area contributed by atoms with Gasteiger partial charge in [-0.15, -0.1) is 0 Å². The molecular formula is C9H20NNaO2S4. The van der Waals surface area contributed by atoms with Gasteiger partial charge in [0.15, 0.2) is 0 Å². The maximum Gasteiger partial charge on any atom is 1.00 e. The minimum Gasteiger partial charge on any atom is -1.00 e. The summed E-state index contributed by atoms with van der Waals surface area (Å²) in [6.45, 7) is 1.00. The fourth-order valence-corrected chi connectivity index (χ4v) is 1.69. The number of alkyl carbamates (subject to hydrolysis) is 1. The molecule has 1 N–H and O–H groups in total. The van der Waals surface area contributed by atoms with Crippen molar-refractivity contribution in [3.63, 3.8) is 0 Å². The zero-order valence-corrected chi connectivity index (χ0v) is 15.6. The van der Waals surface area contributed by atoms with Crippen molar-refractivity contribution in [2.45, 2.75) is 34.8 Å². The zero-order valence-electron chi connectivity index (χ0n) is 11.0. The van der Waals surface area contributed by atoms with Crippen LogP contribution >= 0.6 is 50.5 Å². The maximum atomic E-state index is 11.1. The van der Waals surface area contributed by atoms with Crippen LogP contribution in [-0.2, 0) is 4.74 Å². The molecule has 0 fully saturated rings. The third-order valence-corrected chi connectivity index (χ3v) is 2.78. The second-order valence-corrected chi connectivity index (χ2v) is 6.62. The number of nitrogens with one attached hydrogen (secondary N) is 1. The Bertz CT molecular complexity index is 183. The van der Waals surface area contributed by atoms with Gasteiger partial charge >= 0.3 is 35.7 Å². The number of carbonyl (C=O) groups excluding carboxylic acids is 1. The van der Waals surface area contributed by atoms with Gasteiger partial charge in [-0.05, 0) is 25.7 Å². The molecule has 98 valence electrons. The molecule has 0 aliphatic heterocycles. The number of thiol groups is 4. The van der Waals surface area contributed by atoms with Crippen molar-refractivity contribution < 1.29 is 40.5 Å². The SMILES string of the molecule is O=C(NCCCC(S)S)OCCCC(S)S.[H-].[Na+]. The predicted molar refractivity (Wildman–Crippen MR) is 82.5 cm³/mol. The molecule has 0 bridgehead atoms. The molecule has 0 heterocycles. The van der Waals surface area contributed by atoms with E-state index in [0.717, 1.165) is 25.7 Å². The van der Waals surface area contributed by atoms with E-state index in [-0.39, 0.29) is 46.2 Å². The largest absolute Gasteiger partial charge is 1.00 e. The van der Waals surface area contributed by atoms with Crippen LogP contribution in [0.25, 0.3) is 0 Å². The zero-order chi connectivity index (χ0) is 12.4. The third-order valence-electron chi connectivity index (χ3n) is 1.75. The molecule has 0 unspecified atom stereocenters. The van der Waals surface area contributed by atoms with E-state index in [1.807, 2.05) is 0 Å². The average Bonchev–Trinajstić information content (AvgIpc) is 2.19. The topological polar surface area (TPSA) is 38.3 Å². The summed E-state index contributed by atoms with van der Waals surface area (Å²) < 4.78 is 5.06. The van der Waals surface area contributed by atoms with Gasteiger partial charge in [0.25, 0.3) is 0 Å². The van der Waals surface area contributed by atoms with Crippen molar-refractivity contribution >= 4 is 56.6 Å². The van der Waals surface area contributed by atoms with E-state index in [0.29, 0.717) is 13.2 Å². The summed E-state index contributed by atoms with van der Waals surface area (Å²) in [6.07, 6.45) is 2.93. The van der Waals surface area contributed by atoms with E-state index in [9.17, 15) is 4.79 Å². The molecule has 3 nitrogen and oxygen atoms in total. The van der Waals surface area contributed by atoms with Crippen LogP contribution in [-0.4, -0.2) is 28.4 Å². The van der Waals surface area contributed by atoms with Crippen LogP contribution in [0, 0.1) is 0 Å². The van der Waals surface area contributed by atoms with Crippen molar-refractivity contribution in [1.29, 1.82) is 0 Å². The van der Waals surface area contributed by atoms with Crippen LogP contribution in [0.15, 0.2) is 0 Å². The van der Waals surface area contributed by atoms with Crippen molar-refractivity contribution in [2.24, 2.45) is 0 Å². The fraction of sp³-hybridized carbons (Fsp3) is 0.889. The van der Waals surface area contributed by atoms with E-state index in [1.165, 1.54) is 0 Å². The number of carbonyl (C=O) groups is 1. The second kappa shape index (κ2) is 14.1. The first kappa shape index (κ1) is 21.0. The van der Waals surface area contributed by atoms with E-state index < -0.39 is 0 Å².